The molecule has 0 radical (unpaired) electrons. The SMILES string of the molecule is CC1C(CN2C(C(=O)NC(C)(C)C)CCC3CCCCC32)OC(c2ccc(-c3cccc(CNC(=O)CCCC(=O)O)c3)cc2)OC1c1ccc(CO)cc1. The van der Waals surface area contributed by atoms with Gasteiger partial charge in [-0.25, -0.2) is 0 Å². The maximum Gasteiger partial charge on any atom is 0.303 e. The third kappa shape index (κ3) is 10.6. The van der Waals surface area contributed by atoms with E-state index in [1.54, 1.807) is 0 Å². The molecule has 6 rings (SSSR count). The van der Waals surface area contributed by atoms with Crippen molar-refractivity contribution in [2.45, 2.75) is 135 Å². The van der Waals surface area contributed by atoms with Crippen molar-refractivity contribution in [3.8, 4) is 11.1 Å². The average Bonchev–Trinajstić information content (AvgIpc) is 3.17. The summed E-state index contributed by atoms with van der Waals surface area (Å²) in [6.07, 6.45) is 6.02. The highest BCUT2D eigenvalue weighted by Gasteiger charge is 2.46. The number of fused-ring (bicyclic) bond motifs is 1. The lowest BCUT2D eigenvalue weighted by Gasteiger charge is -2.51. The average molecular weight is 754 g/mol. The van der Waals surface area contributed by atoms with Gasteiger partial charge in [-0.05, 0) is 92.7 Å². The fourth-order valence-corrected chi connectivity index (χ4v) is 8.65. The van der Waals surface area contributed by atoms with E-state index in [-0.39, 0.29) is 61.0 Å². The second kappa shape index (κ2) is 18.2. The zero-order chi connectivity index (χ0) is 39.1. The molecule has 3 fully saturated rings. The van der Waals surface area contributed by atoms with E-state index in [0.29, 0.717) is 31.5 Å². The molecule has 3 aromatic rings. The molecule has 3 aliphatic rings. The van der Waals surface area contributed by atoms with Gasteiger partial charge < -0.3 is 30.3 Å². The number of hydrogen-bond donors (Lipinski definition) is 4. The molecule has 2 aliphatic heterocycles. The quantitative estimate of drug-likeness (QED) is 0.141. The fourth-order valence-electron chi connectivity index (χ4n) is 8.65. The number of carbonyl (C=O) groups excluding carboxylic acids is 2. The predicted octanol–water partition coefficient (Wildman–Crippen LogP) is 7.45. The minimum absolute atomic E-state index is 0.00815. The Balaban J connectivity index is 1.22. The highest BCUT2D eigenvalue weighted by Crippen LogP contribution is 2.44. The summed E-state index contributed by atoms with van der Waals surface area (Å²) in [5, 5.41) is 24.8. The molecular weight excluding hydrogens is 695 g/mol. The third-order valence-corrected chi connectivity index (χ3v) is 11.5. The Kier molecular flexibility index (Phi) is 13.5. The summed E-state index contributed by atoms with van der Waals surface area (Å²) >= 11 is 0. The smallest absolute Gasteiger partial charge is 0.303 e. The van der Waals surface area contributed by atoms with Crippen LogP contribution in [0.2, 0.25) is 0 Å². The Morgan fingerprint density at radius 3 is 2.27 bits per heavy atom. The fraction of sp³-hybridized carbons (Fsp3) is 0.533. The van der Waals surface area contributed by atoms with Crippen LogP contribution in [0.3, 0.4) is 0 Å². The van der Waals surface area contributed by atoms with E-state index >= 15 is 0 Å². The molecular formula is C45H59N3O7. The Morgan fingerprint density at radius 1 is 0.836 bits per heavy atom. The van der Waals surface area contributed by atoms with Gasteiger partial charge in [0.25, 0.3) is 0 Å². The van der Waals surface area contributed by atoms with E-state index in [0.717, 1.165) is 52.6 Å². The summed E-state index contributed by atoms with van der Waals surface area (Å²) in [6, 6.07) is 24.3. The van der Waals surface area contributed by atoms with Crippen LogP contribution in [-0.4, -0.2) is 63.2 Å². The second-order valence-electron chi connectivity index (χ2n) is 16.8. The molecule has 10 nitrogen and oxygen atoms in total. The minimum atomic E-state index is -0.902. The Hall–Kier alpha value is -4.09. The molecule has 1 aliphatic carbocycles. The van der Waals surface area contributed by atoms with E-state index in [4.69, 9.17) is 14.6 Å². The molecule has 3 aromatic carbocycles. The lowest BCUT2D eigenvalue weighted by molar-refractivity contribution is -0.278. The van der Waals surface area contributed by atoms with Crippen molar-refractivity contribution in [1.82, 2.24) is 15.5 Å². The van der Waals surface area contributed by atoms with Gasteiger partial charge in [0.15, 0.2) is 6.29 Å². The third-order valence-electron chi connectivity index (χ3n) is 11.5. The number of carbonyl (C=O) groups is 3. The number of aliphatic carboxylic acids is 1. The Bertz CT molecular complexity index is 1760. The van der Waals surface area contributed by atoms with Crippen LogP contribution in [-0.2, 0) is 37.0 Å². The number of nitrogens with one attached hydrogen (secondary N) is 2. The lowest BCUT2D eigenvalue weighted by atomic mass is 9.75. The maximum absolute atomic E-state index is 13.9. The molecule has 0 bridgehead atoms. The number of likely N-dealkylation sites (tertiary alicyclic amines) is 1. The van der Waals surface area contributed by atoms with Crippen molar-refractivity contribution in [2.24, 2.45) is 11.8 Å². The molecule has 2 saturated heterocycles. The van der Waals surface area contributed by atoms with Gasteiger partial charge in [0.2, 0.25) is 11.8 Å². The van der Waals surface area contributed by atoms with Crippen molar-refractivity contribution in [3.05, 3.63) is 95.1 Å². The van der Waals surface area contributed by atoms with Crippen LogP contribution < -0.4 is 10.6 Å². The number of rotatable bonds is 13. The molecule has 7 unspecified atom stereocenters. The molecule has 296 valence electrons. The number of piperidine rings is 1. The Labute approximate surface area is 326 Å². The van der Waals surface area contributed by atoms with Crippen LogP contribution in [0, 0.1) is 11.8 Å². The summed E-state index contributed by atoms with van der Waals surface area (Å²) in [6.45, 7) is 9.28. The molecule has 10 heteroatoms. The highest BCUT2D eigenvalue weighted by molar-refractivity contribution is 5.82. The second-order valence-corrected chi connectivity index (χ2v) is 16.8. The van der Waals surface area contributed by atoms with E-state index in [1.807, 2.05) is 81.4 Å². The first-order chi connectivity index (χ1) is 26.4. The first-order valence-electron chi connectivity index (χ1n) is 20.1. The molecule has 55 heavy (non-hydrogen) atoms. The highest BCUT2D eigenvalue weighted by atomic mass is 16.7. The maximum atomic E-state index is 13.9. The molecule has 7 atom stereocenters. The number of hydrogen-bond acceptors (Lipinski definition) is 7. The van der Waals surface area contributed by atoms with Crippen LogP contribution in [0.15, 0.2) is 72.8 Å². The monoisotopic (exact) mass is 753 g/mol. The molecule has 0 spiro atoms. The van der Waals surface area contributed by atoms with Gasteiger partial charge >= 0.3 is 5.97 Å². The lowest BCUT2D eigenvalue weighted by Crippen LogP contribution is -2.61. The molecule has 2 amide bonds. The number of ether oxygens (including phenoxy) is 2. The van der Waals surface area contributed by atoms with Gasteiger partial charge in [0, 0.05) is 49.0 Å². The van der Waals surface area contributed by atoms with E-state index in [2.05, 4.69) is 34.6 Å². The van der Waals surface area contributed by atoms with Crippen molar-refractivity contribution in [2.75, 3.05) is 6.54 Å². The van der Waals surface area contributed by atoms with Crippen LogP contribution >= 0.6 is 0 Å². The number of aliphatic hydroxyl groups is 1. The number of nitrogens with zero attached hydrogens (tertiary/aromatic N) is 1. The molecule has 0 aromatic heterocycles. The summed E-state index contributed by atoms with van der Waals surface area (Å²) in [5.74, 6) is -0.387. The zero-order valence-electron chi connectivity index (χ0n) is 32.8. The van der Waals surface area contributed by atoms with Gasteiger partial charge in [-0.15, -0.1) is 0 Å². The number of carboxylic acids is 1. The van der Waals surface area contributed by atoms with E-state index in [9.17, 15) is 19.5 Å². The predicted molar refractivity (Wildman–Crippen MR) is 212 cm³/mol. The number of carboxylic acid groups (broad SMARTS) is 1. The van der Waals surface area contributed by atoms with Crippen LogP contribution in [0.1, 0.15) is 120 Å². The molecule has 1 saturated carbocycles. The molecule has 2 heterocycles. The van der Waals surface area contributed by atoms with Gasteiger partial charge in [-0.3, -0.25) is 19.3 Å². The first kappa shape index (κ1) is 40.6. The van der Waals surface area contributed by atoms with Gasteiger partial charge in [0.1, 0.15) is 0 Å². The standard InChI is InChI=1S/C45H59N3O7/c1-29-39(27-48-37-12-6-5-10-33(37)23-24-38(48)43(53)47-45(2,3)4)54-44(55-42(29)34-17-15-30(28-49)16-18-34)35-21-19-32(20-22-35)36-11-7-9-31(25-36)26-46-40(50)13-8-14-41(51)52/h7,9,11,15-22,25,29,33,37-39,42,44,49H,5-6,8,10,12-14,23-24,26-28H2,1-4H3,(H,46,50)(H,47,53)(H,51,52). The number of benzene rings is 3. The summed E-state index contributed by atoms with van der Waals surface area (Å²) in [5.41, 5.74) is 5.43. The summed E-state index contributed by atoms with van der Waals surface area (Å²) < 4.78 is 13.8. The van der Waals surface area contributed by atoms with Crippen molar-refractivity contribution in [3.63, 3.8) is 0 Å². The van der Waals surface area contributed by atoms with E-state index in [1.165, 1.54) is 19.3 Å². The normalized spacial score (nSPS) is 25.8. The summed E-state index contributed by atoms with van der Waals surface area (Å²) in [4.78, 5) is 39.4. The zero-order valence-corrected chi connectivity index (χ0v) is 32.8. The van der Waals surface area contributed by atoms with Crippen LogP contribution in [0.4, 0.5) is 0 Å². The van der Waals surface area contributed by atoms with Gasteiger partial charge in [-0.2, -0.15) is 0 Å². The first-order valence-corrected chi connectivity index (χ1v) is 20.1. The summed E-state index contributed by atoms with van der Waals surface area (Å²) in [7, 11) is 0. The van der Waals surface area contributed by atoms with Crippen molar-refractivity contribution in [1.29, 1.82) is 0 Å². The largest absolute Gasteiger partial charge is 0.481 e. The van der Waals surface area contributed by atoms with E-state index < -0.39 is 12.3 Å². The van der Waals surface area contributed by atoms with Gasteiger partial charge in [-0.1, -0.05) is 86.5 Å². The van der Waals surface area contributed by atoms with Crippen molar-refractivity contribution < 1.29 is 34.1 Å². The van der Waals surface area contributed by atoms with Crippen LogP contribution in [0.25, 0.3) is 11.1 Å². The number of amides is 2. The topological polar surface area (TPSA) is 137 Å². The van der Waals surface area contributed by atoms with Crippen molar-refractivity contribution >= 4 is 17.8 Å². The van der Waals surface area contributed by atoms with Gasteiger partial charge in [0.05, 0.1) is 24.9 Å². The minimum Gasteiger partial charge on any atom is -0.481 e. The Morgan fingerprint density at radius 2 is 1.56 bits per heavy atom. The van der Waals surface area contributed by atoms with Crippen LogP contribution in [0.5, 0.6) is 0 Å². The number of aliphatic hydroxyl groups excluding tert-OH is 1. The molecule has 4 N–H and O–H groups in total.